The number of carbonyl (C=O) groups is 2. The van der Waals surface area contributed by atoms with Crippen molar-refractivity contribution < 1.29 is 9.59 Å². The summed E-state index contributed by atoms with van der Waals surface area (Å²) in [5.74, 6) is -0.106. The summed E-state index contributed by atoms with van der Waals surface area (Å²) in [5, 5.41) is 5.75. The van der Waals surface area contributed by atoms with Crippen LogP contribution in [0.2, 0.25) is 0 Å². The molecule has 1 aliphatic heterocycles. The van der Waals surface area contributed by atoms with Gasteiger partial charge in [-0.15, -0.1) is 0 Å². The van der Waals surface area contributed by atoms with Crippen LogP contribution in [0, 0.1) is 0 Å². The van der Waals surface area contributed by atoms with E-state index in [0.717, 1.165) is 5.56 Å². The van der Waals surface area contributed by atoms with E-state index >= 15 is 0 Å². The Kier molecular flexibility index (Phi) is 4.27. The first-order chi connectivity index (χ1) is 9.50. The van der Waals surface area contributed by atoms with E-state index in [1.807, 2.05) is 44.2 Å². The van der Waals surface area contributed by atoms with Gasteiger partial charge in [0, 0.05) is 12.6 Å². The monoisotopic (exact) mass is 275 g/mol. The van der Waals surface area contributed by atoms with Crippen LogP contribution in [0.15, 0.2) is 30.3 Å². The Labute approximate surface area is 119 Å². The fourth-order valence-corrected chi connectivity index (χ4v) is 2.41. The van der Waals surface area contributed by atoms with Crippen molar-refractivity contribution in [1.29, 1.82) is 0 Å². The van der Waals surface area contributed by atoms with E-state index in [0.29, 0.717) is 6.54 Å². The maximum atomic E-state index is 12.3. The number of benzene rings is 1. The molecule has 0 saturated carbocycles. The third kappa shape index (κ3) is 2.92. The van der Waals surface area contributed by atoms with Crippen molar-refractivity contribution in [3.63, 3.8) is 0 Å². The van der Waals surface area contributed by atoms with Gasteiger partial charge in [-0.25, -0.2) is 4.79 Å². The molecule has 20 heavy (non-hydrogen) atoms. The highest BCUT2D eigenvalue weighted by molar-refractivity contribution is 5.88. The van der Waals surface area contributed by atoms with Gasteiger partial charge in [-0.2, -0.15) is 0 Å². The number of nitrogens with zero attached hydrogens (tertiary/aromatic N) is 1. The molecule has 1 heterocycles. The molecule has 0 aromatic heterocycles. The molecule has 1 aliphatic rings. The number of piperazine rings is 1. The molecule has 0 radical (unpaired) electrons. The van der Waals surface area contributed by atoms with Crippen molar-refractivity contribution in [2.24, 2.45) is 0 Å². The lowest BCUT2D eigenvalue weighted by molar-refractivity contribution is -0.129. The van der Waals surface area contributed by atoms with Crippen molar-refractivity contribution in [2.75, 3.05) is 0 Å². The molecule has 3 unspecified atom stereocenters. The van der Waals surface area contributed by atoms with E-state index in [9.17, 15) is 9.59 Å². The molecule has 5 heteroatoms. The molecule has 1 aromatic rings. The lowest BCUT2D eigenvalue weighted by atomic mass is 10.0. The second kappa shape index (κ2) is 5.94. The van der Waals surface area contributed by atoms with Gasteiger partial charge in [-0.1, -0.05) is 30.3 Å². The van der Waals surface area contributed by atoms with E-state index in [1.54, 1.807) is 11.8 Å². The van der Waals surface area contributed by atoms with Crippen LogP contribution < -0.4 is 10.6 Å². The van der Waals surface area contributed by atoms with Gasteiger partial charge in [-0.3, -0.25) is 4.79 Å². The van der Waals surface area contributed by atoms with Crippen LogP contribution >= 0.6 is 0 Å². The van der Waals surface area contributed by atoms with E-state index in [1.165, 1.54) is 0 Å². The smallest absolute Gasteiger partial charge is 0.318 e. The molecule has 108 valence electrons. The Morgan fingerprint density at radius 2 is 1.90 bits per heavy atom. The molecule has 3 atom stereocenters. The third-order valence-electron chi connectivity index (χ3n) is 3.85. The van der Waals surface area contributed by atoms with Gasteiger partial charge in [0.25, 0.3) is 0 Å². The van der Waals surface area contributed by atoms with Crippen LogP contribution in [-0.4, -0.2) is 35.0 Å². The molecule has 0 aliphatic carbocycles. The van der Waals surface area contributed by atoms with Crippen molar-refractivity contribution in [3.8, 4) is 0 Å². The van der Waals surface area contributed by atoms with Crippen LogP contribution in [0.3, 0.4) is 0 Å². The maximum absolute atomic E-state index is 12.3. The van der Waals surface area contributed by atoms with Crippen LogP contribution in [0.5, 0.6) is 0 Å². The predicted molar refractivity (Wildman–Crippen MR) is 77.0 cm³/mol. The number of amides is 3. The summed E-state index contributed by atoms with van der Waals surface area (Å²) in [7, 11) is 0. The largest absolute Gasteiger partial charge is 0.350 e. The van der Waals surface area contributed by atoms with Gasteiger partial charge < -0.3 is 15.5 Å². The molecule has 2 N–H and O–H groups in total. The van der Waals surface area contributed by atoms with Gasteiger partial charge >= 0.3 is 6.03 Å². The quantitative estimate of drug-likeness (QED) is 0.859. The normalized spacial score (nSPS) is 26.1. The van der Waals surface area contributed by atoms with Crippen LogP contribution in [0.1, 0.15) is 26.3 Å². The molecule has 0 spiro atoms. The van der Waals surface area contributed by atoms with Crippen molar-refractivity contribution >= 4 is 11.9 Å². The van der Waals surface area contributed by atoms with E-state index < -0.39 is 6.04 Å². The van der Waals surface area contributed by atoms with E-state index in [2.05, 4.69) is 10.6 Å². The lowest BCUT2D eigenvalue weighted by Crippen LogP contribution is -2.65. The highest BCUT2D eigenvalue weighted by Crippen LogP contribution is 2.15. The molecule has 1 fully saturated rings. The van der Waals surface area contributed by atoms with Gasteiger partial charge in [-0.05, 0) is 26.3 Å². The summed E-state index contributed by atoms with van der Waals surface area (Å²) in [6.07, 6.45) is 0. The first-order valence-electron chi connectivity index (χ1n) is 6.91. The number of urea groups is 1. The Bertz CT molecular complexity index is 489. The predicted octanol–water partition coefficient (Wildman–Crippen LogP) is 1.49. The molecule has 0 bridgehead atoms. The number of hydrogen-bond donors (Lipinski definition) is 2. The summed E-state index contributed by atoms with van der Waals surface area (Å²) >= 11 is 0. The number of carbonyl (C=O) groups excluding carboxylic acids is 2. The molecule has 1 aromatic carbocycles. The molecular formula is C15H21N3O2. The first-order valence-corrected chi connectivity index (χ1v) is 6.91. The van der Waals surface area contributed by atoms with Crippen molar-refractivity contribution in [3.05, 3.63) is 35.9 Å². The van der Waals surface area contributed by atoms with Crippen LogP contribution in [-0.2, 0) is 11.3 Å². The Balaban J connectivity index is 2.01. The van der Waals surface area contributed by atoms with Gasteiger partial charge in [0.15, 0.2) is 0 Å². The second-order valence-corrected chi connectivity index (χ2v) is 5.27. The third-order valence-corrected chi connectivity index (χ3v) is 3.85. The average Bonchev–Trinajstić information content (AvgIpc) is 2.44. The number of nitrogens with one attached hydrogen (secondary N) is 2. The lowest BCUT2D eigenvalue weighted by Gasteiger charge is -2.42. The SMILES string of the molecule is CC1NC(=O)C(C)N(C(=O)NCc2ccccc2)C1C. The van der Waals surface area contributed by atoms with Crippen LogP contribution in [0.25, 0.3) is 0 Å². The van der Waals surface area contributed by atoms with Gasteiger partial charge in [0.1, 0.15) is 6.04 Å². The summed E-state index contributed by atoms with van der Waals surface area (Å²) in [6.45, 7) is 6.07. The molecular weight excluding hydrogens is 254 g/mol. The average molecular weight is 275 g/mol. The highest BCUT2D eigenvalue weighted by atomic mass is 16.2. The Morgan fingerprint density at radius 1 is 1.25 bits per heavy atom. The molecule has 2 rings (SSSR count). The minimum atomic E-state index is -0.447. The summed E-state index contributed by atoms with van der Waals surface area (Å²) in [6, 6.07) is 9.00. The zero-order valence-corrected chi connectivity index (χ0v) is 12.1. The second-order valence-electron chi connectivity index (χ2n) is 5.27. The summed E-state index contributed by atoms with van der Waals surface area (Å²) in [5.41, 5.74) is 1.04. The first kappa shape index (κ1) is 14.4. The van der Waals surface area contributed by atoms with Crippen molar-refractivity contribution in [2.45, 2.75) is 45.4 Å². The van der Waals surface area contributed by atoms with Gasteiger partial charge in [0.2, 0.25) is 5.91 Å². The van der Waals surface area contributed by atoms with Crippen molar-refractivity contribution in [1.82, 2.24) is 15.5 Å². The molecule has 3 amide bonds. The fraction of sp³-hybridized carbons (Fsp3) is 0.467. The fourth-order valence-electron chi connectivity index (χ4n) is 2.41. The maximum Gasteiger partial charge on any atom is 0.318 e. The zero-order chi connectivity index (χ0) is 14.7. The number of rotatable bonds is 2. The standard InChI is InChI=1S/C15H21N3O2/c1-10-11(2)18(12(3)14(19)17-10)15(20)16-9-13-7-5-4-6-8-13/h4-8,10-12H,9H2,1-3H3,(H,16,20)(H,17,19). The molecule has 5 nitrogen and oxygen atoms in total. The van der Waals surface area contributed by atoms with Gasteiger partial charge in [0.05, 0.1) is 6.04 Å². The van der Waals surface area contributed by atoms with Crippen LogP contribution in [0.4, 0.5) is 4.79 Å². The Hall–Kier alpha value is -2.04. The summed E-state index contributed by atoms with van der Waals surface area (Å²) < 4.78 is 0. The Morgan fingerprint density at radius 3 is 2.55 bits per heavy atom. The topological polar surface area (TPSA) is 61.4 Å². The van der Waals surface area contributed by atoms with E-state index in [-0.39, 0.29) is 24.0 Å². The molecule has 1 saturated heterocycles. The minimum absolute atomic E-state index is 0.0292. The zero-order valence-electron chi connectivity index (χ0n) is 12.1. The minimum Gasteiger partial charge on any atom is -0.350 e. The van der Waals surface area contributed by atoms with E-state index in [4.69, 9.17) is 0 Å². The highest BCUT2D eigenvalue weighted by Gasteiger charge is 2.37. The number of hydrogen-bond acceptors (Lipinski definition) is 2. The summed E-state index contributed by atoms with van der Waals surface area (Å²) in [4.78, 5) is 25.7.